The normalized spacial score (nSPS) is 25.4. The van der Waals surface area contributed by atoms with E-state index < -0.39 is 17.9 Å². The van der Waals surface area contributed by atoms with E-state index in [0.717, 1.165) is 12.8 Å². The lowest BCUT2D eigenvalue weighted by molar-refractivity contribution is -0.218. The van der Waals surface area contributed by atoms with E-state index in [9.17, 15) is 9.90 Å². The molecule has 0 aromatic carbocycles. The van der Waals surface area contributed by atoms with Crippen molar-refractivity contribution in [2.24, 2.45) is 0 Å². The van der Waals surface area contributed by atoms with Crippen LogP contribution in [0.5, 0.6) is 0 Å². The summed E-state index contributed by atoms with van der Waals surface area (Å²) in [5, 5.41) is 10.1. The molecule has 0 bridgehead atoms. The van der Waals surface area contributed by atoms with Crippen molar-refractivity contribution in [1.82, 2.24) is 0 Å². The van der Waals surface area contributed by atoms with E-state index in [4.69, 9.17) is 9.47 Å². The fourth-order valence-corrected chi connectivity index (χ4v) is 3.11. The van der Waals surface area contributed by atoms with Gasteiger partial charge in [0.1, 0.15) is 0 Å². The van der Waals surface area contributed by atoms with Gasteiger partial charge in [-0.25, -0.2) is 4.79 Å². The quantitative estimate of drug-likeness (QED) is 0.294. The number of unbranched alkanes of at least 4 members (excludes halogenated alkanes) is 11. The van der Waals surface area contributed by atoms with Gasteiger partial charge >= 0.3 is 5.97 Å². The number of hydrogen-bond donors (Lipinski definition) is 1. The van der Waals surface area contributed by atoms with Crippen molar-refractivity contribution >= 4 is 5.97 Å². The van der Waals surface area contributed by atoms with Gasteiger partial charge in [0.05, 0.1) is 5.57 Å². The summed E-state index contributed by atoms with van der Waals surface area (Å²) < 4.78 is 10.2. The first-order valence-electron chi connectivity index (χ1n) is 9.71. The molecule has 0 aromatic heterocycles. The second-order valence-corrected chi connectivity index (χ2v) is 7.00. The molecular weight excluding hydrogens is 304 g/mol. The van der Waals surface area contributed by atoms with E-state index in [1.54, 1.807) is 6.92 Å². The van der Waals surface area contributed by atoms with Gasteiger partial charge in [0, 0.05) is 14.0 Å². The molecule has 0 aliphatic carbocycles. The summed E-state index contributed by atoms with van der Waals surface area (Å²) in [6.45, 7) is 3.83. The summed E-state index contributed by atoms with van der Waals surface area (Å²) >= 11 is 0. The smallest absolute Gasteiger partial charge is 0.339 e. The Balaban J connectivity index is 2.05. The van der Waals surface area contributed by atoms with E-state index in [0.29, 0.717) is 5.57 Å². The number of esters is 1. The van der Waals surface area contributed by atoms with Crippen LogP contribution in [0.25, 0.3) is 0 Å². The highest BCUT2D eigenvalue weighted by Crippen LogP contribution is 2.32. The van der Waals surface area contributed by atoms with Crippen LogP contribution >= 0.6 is 0 Å². The zero-order valence-corrected chi connectivity index (χ0v) is 15.8. The maximum absolute atomic E-state index is 11.8. The van der Waals surface area contributed by atoms with Crippen LogP contribution in [0.3, 0.4) is 0 Å². The highest BCUT2D eigenvalue weighted by atomic mass is 16.7. The largest absolute Gasteiger partial charge is 0.427 e. The fraction of sp³-hybridized carbons (Fsp3) is 0.850. The fourth-order valence-electron chi connectivity index (χ4n) is 3.11. The molecule has 4 heteroatoms. The van der Waals surface area contributed by atoms with E-state index in [1.807, 2.05) is 6.08 Å². The molecule has 4 nitrogen and oxygen atoms in total. The first-order valence-corrected chi connectivity index (χ1v) is 9.71. The highest BCUT2D eigenvalue weighted by molar-refractivity contribution is 5.92. The predicted octanol–water partition coefficient (Wildman–Crippen LogP) is 4.89. The van der Waals surface area contributed by atoms with Crippen molar-refractivity contribution in [3.63, 3.8) is 0 Å². The van der Waals surface area contributed by atoms with Crippen LogP contribution in [0.4, 0.5) is 0 Å². The van der Waals surface area contributed by atoms with Crippen LogP contribution < -0.4 is 0 Å². The van der Waals surface area contributed by atoms with Gasteiger partial charge in [-0.1, -0.05) is 77.2 Å². The third kappa shape index (κ3) is 6.94. The molecular formula is C20H36O4. The molecule has 1 fully saturated rings. The maximum atomic E-state index is 11.8. The second-order valence-electron chi connectivity index (χ2n) is 7.00. The van der Waals surface area contributed by atoms with Crippen molar-refractivity contribution in [3.05, 3.63) is 11.6 Å². The number of cyclic esters (lactones) is 1. The van der Waals surface area contributed by atoms with Gasteiger partial charge in [0.25, 0.3) is 0 Å². The van der Waals surface area contributed by atoms with Crippen LogP contribution in [0.2, 0.25) is 0 Å². The molecule has 24 heavy (non-hydrogen) atoms. The predicted molar refractivity (Wildman–Crippen MR) is 96.7 cm³/mol. The minimum absolute atomic E-state index is 0.339. The first-order chi connectivity index (χ1) is 11.5. The third-order valence-electron chi connectivity index (χ3n) is 4.90. The minimum Gasteiger partial charge on any atom is -0.427 e. The molecule has 0 unspecified atom stereocenters. The maximum Gasteiger partial charge on any atom is 0.339 e. The zero-order valence-electron chi connectivity index (χ0n) is 15.8. The van der Waals surface area contributed by atoms with E-state index in [-0.39, 0.29) is 0 Å². The van der Waals surface area contributed by atoms with Crippen LogP contribution in [0.15, 0.2) is 11.6 Å². The molecule has 0 spiro atoms. The lowest BCUT2D eigenvalue weighted by atomic mass is 10.0. The summed E-state index contributed by atoms with van der Waals surface area (Å²) in [5.41, 5.74) is 0.339. The van der Waals surface area contributed by atoms with Gasteiger partial charge in [-0.15, -0.1) is 0 Å². The third-order valence-corrected chi connectivity index (χ3v) is 4.90. The van der Waals surface area contributed by atoms with Crippen molar-refractivity contribution < 1.29 is 19.4 Å². The number of rotatable bonds is 13. The van der Waals surface area contributed by atoms with E-state index >= 15 is 0 Å². The van der Waals surface area contributed by atoms with Crippen LogP contribution in [0, 0.1) is 0 Å². The standard InChI is InChI=1S/C20H36O4/c1-4-5-6-7-8-9-10-11-12-13-14-15-16-17-18(21)20(2,23-3)24-19(17)22/h16,18,21H,4-15H2,1-3H3/t18-,20+/m1/s1. The van der Waals surface area contributed by atoms with Crippen LogP contribution in [-0.4, -0.2) is 30.1 Å². The Morgan fingerprint density at radius 3 is 2.00 bits per heavy atom. The topological polar surface area (TPSA) is 55.8 Å². The first kappa shape index (κ1) is 21.2. The van der Waals surface area contributed by atoms with Gasteiger partial charge in [-0.05, 0) is 12.8 Å². The molecule has 1 aliphatic heterocycles. The lowest BCUT2D eigenvalue weighted by Gasteiger charge is -2.23. The Bertz CT molecular complexity index is 391. The second kappa shape index (κ2) is 11.6. The molecule has 2 atom stereocenters. The molecule has 0 aromatic rings. The van der Waals surface area contributed by atoms with Gasteiger partial charge in [0.15, 0.2) is 6.10 Å². The van der Waals surface area contributed by atoms with Gasteiger partial charge < -0.3 is 14.6 Å². The average Bonchev–Trinajstić information content (AvgIpc) is 2.79. The number of carbonyl (C=O) groups excluding carboxylic acids is 1. The molecule has 1 N–H and O–H groups in total. The molecule has 1 aliphatic rings. The zero-order chi connectivity index (χ0) is 17.8. The molecule has 140 valence electrons. The van der Waals surface area contributed by atoms with Crippen molar-refractivity contribution in [1.29, 1.82) is 0 Å². The SMILES string of the molecule is CCCCCCCCCCCCCC=C1C(=O)O[C@](C)(OC)[C@@H]1O. The Morgan fingerprint density at radius 1 is 1.04 bits per heavy atom. The lowest BCUT2D eigenvalue weighted by Crippen LogP contribution is -2.38. The summed E-state index contributed by atoms with van der Waals surface area (Å²) in [4.78, 5) is 11.8. The Hall–Kier alpha value is -0.870. The van der Waals surface area contributed by atoms with Crippen LogP contribution in [-0.2, 0) is 14.3 Å². The summed E-state index contributed by atoms with van der Waals surface area (Å²) in [7, 11) is 1.43. The number of ether oxygens (including phenoxy) is 2. The van der Waals surface area contributed by atoms with Crippen molar-refractivity contribution in [2.75, 3.05) is 7.11 Å². The Kier molecular flexibility index (Phi) is 10.3. The number of methoxy groups -OCH3 is 1. The Labute approximate surface area is 147 Å². The van der Waals surface area contributed by atoms with Crippen molar-refractivity contribution in [3.8, 4) is 0 Å². The highest BCUT2D eigenvalue weighted by Gasteiger charge is 2.48. The number of hydrogen-bond acceptors (Lipinski definition) is 4. The molecule has 0 amide bonds. The molecule has 1 heterocycles. The summed E-state index contributed by atoms with van der Waals surface area (Å²) in [6, 6.07) is 0. The number of carbonyl (C=O) groups is 1. The van der Waals surface area contributed by atoms with E-state index in [1.165, 1.54) is 71.3 Å². The number of aliphatic hydroxyl groups is 1. The summed E-state index contributed by atoms with van der Waals surface area (Å²) in [5.74, 6) is -1.70. The average molecular weight is 341 g/mol. The molecule has 1 rings (SSSR count). The van der Waals surface area contributed by atoms with E-state index in [2.05, 4.69) is 6.92 Å². The molecule has 0 saturated carbocycles. The van der Waals surface area contributed by atoms with Crippen LogP contribution in [0.1, 0.15) is 90.9 Å². The van der Waals surface area contributed by atoms with Gasteiger partial charge in [-0.3, -0.25) is 0 Å². The molecule has 0 radical (unpaired) electrons. The minimum atomic E-state index is -1.24. The summed E-state index contributed by atoms with van der Waals surface area (Å²) in [6.07, 6.45) is 15.9. The number of aliphatic hydroxyl groups excluding tert-OH is 1. The molecule has 1 saturated heterocycles. The monoisotopic (exact) mass is 340 g/mol. The van der Waals surface area contributed by atoms with Crippen molar-refractivity contribution in [2.45, 2.75) is 103 Å². The Morgan fingerprint density at radius 2 is 1.54 bits per heavy atom. The van der Waals surface area contributed by atoms with Gasteiger partial charge in [0.2, 0.25) is 5.79 Å². The number of allylic oxidation sites excluding steroid dienone is 1. The van der Waals surface area contributed by atoms with Gasteiger partial charge in [-0.2, -0.15) is 0 Å².